The molecule has 2 aliphatic rings. The van der Waals surface area contributed by atoms with Crippen LogP contribution in [0.15, 0.2) is 35.1 Å². The molecule has 1 aromatic heterocycles. The van der Waals surface area contributed by atoms with Crippen LogP contribution in [0.2, 0.25) is 5.02 Å². The van der Waals surface area contributed by atoms with Crippen molar-refractivity contribution in [3.05, 3.63) is 57.0 Å². The SMILES string of the molecule is Cc1cc(=O)c(C(=O)N2CCN(S(=O)(=O)N3CCN(C)CC3)CC2)nn1-c1ccc(Cl)cc1. The number of carbonyl (C=O) groups excluding carboxylic acids is 1. The van der Waals surface area contributed by atoms with E-state index in [0.717, 1.165) is 0 Å². The van der Waals surface area contributed by atoms with Crippen LogP contribution in [0.4, 0.5) is 0 Å². The zero-order valence-corrected chi connectivity index (χ0v) is 20.2. The third-order valence-electron chi connectivity index (χ3n) is 6.02. The number of piperazine rings is 2. The molecular formula is C21H27ClN6O4S. The van der Waals surface area contributed by atoms with E-state index in [1.165, 1.54) is 24.3 Å². The van der Waals surface area contributed by atoms with Crippen LogP contribution in [0.1, 0.15) is 16.2 Å². The summed E-state index contributed by atoms with van der Waals surface area (Å²) in [4.78, 5) is 29.2. The molecule has 2 aromatic rings. The van der Waals surface area contributed by atoms with E-state index in [0.29, 0.717) is 42.6 Å². The zero-order valence-electron chi connectivity index (χ0n) is 18.6. The van der Waals surface area contributed by atoms with Crippen molar-refractivity contribution in [2.24, 2.45) is 0 Å². The normalized spacial score (nSPS) is 19.1. The van der Waals surface area contributed by atoms with Crippen molar-refractivity contribution in [2.45, 2.75) is 6.92 Å². The molecule has 0 N–H and O–H groups in total. The molecule has 1 aromatic carbocycles. The Hall–Kier alpha value is -2.31. The average Bonchev–Trinajstić information content (AvgIpc) is 2.80. The highest BCUT2D eigenvalue weighted by atomic mass is 35.5. The first-order valence-electron chi connectivity index (χ1n) is 10.8. The molecule has 3 heterocycles. The van der Waals surface area contributed by atoms with Crippen molar-refractivity contribution in [1.82, 2.24) is 28.2 Å². The first-order valence-corrected chi connectivity index (χ1v) is 12.5. The van der Waals surface area contributed by atoms with Gasteiger partial charge in [-0.1, -0.05) is 11.6 Å². The van der Waals surface area contributed by atoms with Gasteiger partial charge in [0.15, 0.2) is 5.69 Å². The maximum Gasteiger partial charge on any atom is 0.282 e. The highest BCUT2D eigenvalue weighted by molar-refractivity contribution is 7.86. The second-order valence-corrected chi connectivity index (χ2v) is 10.7. The van der Waals surface area contributed by atoms with Gasteiger partial charge in [-0.05, 0) is 38.2 Å². The Morgan fingerprint density at radius 2 is 1.48 bits per heavy atom. The van der Waals surface area contributed by atoms with Crippen LogP contribution < -0.4 is 5.43 Å². The van der Waals surface area contributed by atoms with Crippen LogP contribution in [0.3, 0.4) is 0 Å². The Balaban J connectivity index is 1.48. The number of amides is 1. The number of aromatic nitrogens is 2. The fraction of sp³-hybridized carbons (Fsp3) is 0.476. The highest BCUT2D eigenvalue weighted by Crippen LogP contribution is 2.17. The Bertz CT molecular complexity index is 1180. The lowest BCUT2D eigenvalue weighted by Gasteiger charge is -2.38. The average molecular weight is 495 g/mol. The summed E-state index contributed by atoms with van der Waals surface area (Å²) in [6.07, 6.45) is 0. The molecule has 2 fully saturated rings. The van der Waals surface area contributed by atoms with Crippen LogP contribution in [0, 0.1) is 6.92 Å². The van der Waals surface area contributed by atoms with Gasteiger partial charge in [0.1, 0.15) is 0 Å². The minimum atomic E-state index is -3.57. The van der Waals surface area contributed by atoms with Crippen molar-refractivity contribution in [3.63, 3.8) is 0 Å². The van der Waals surface area contributed by atoms with Gasteiger partial charge in [0.25, 0.3) is 16.1 Å². The highest BCUT2D eigenvalue weighted by Gasteiger charge is 2.35. The smallest absolute Gasteiger partial charge is 0.282 e. The third-order valence-corrected chi connectivity index (χ3v) is 8.31. The van der Waals surface area contributed by atoms with Crippen LogP contribution in [-0.2, 0) is 10.2 Å². The maximum atomic E-state index is 13.1. The number of aryl methyl sites for hydroxylation is 1. The summed E-state index contributed by atoms with van der Waals surface area (Å²) in [7, 11) is -1.61. The predicted octanol–water partition coefficient (Wildman–Crippen LogP) is 0.444. The van der Waals surface area contributed by atoms with E-state index in [4.69, 9.17) is 11.6 Å². The molecule has 4 rings (SSSR count). The number of benzene rings is 1. The van der Waals surface area contributed by atoms with Gasteiger partial charge in [0.05, 0.1) is 5.69 Å². The standard InChI is InChI=1S/C21H27ClN6O4S/c1-16-15-19(29)20(23-28(16)18-5-3-17(22)4-6-18)21(30)25-9-13-27(14-10-25)33(31,32)26-11-7-24(2)8-12-26/h3-6,15H,7-14H2,1-2H3. The monoisotopic (exact) mass is 494 g/mol. The van der Waals surface area contributed by atoms with Gasteiger partial charge in [-0.25, -0.2) is 4.68 Å². The number of hydrogen-bond acceptors (Lipinski definition) is 6. The molecular weight excluding hydrogens is 468 g/mol. The van der Waals surface area contributed by atoms with Gasteiger partial charge >= 0.3 is 0 Å². The summed E-state index contributed by atoms with van der Waals surface area (Å²) in [6.45, 7) is 4.77. The molecule has 0 bridgehead atoms. The Kier molecular flexibility index (Phi) is 6.87. The fourth-order valence-corrected chi connectivity index (χ4v) is 5.70. The van der Waals surface area contributed by atoms with Gasteiger partial charge in [0, 0.05) is 69.1 Å². The molecule has 178 valence electrons. The Labute approximate surface area is 198 Å². The summed E-state index contributed by atoms with van der Waals surface area (Å²) in [5.41, 5.74) is 0.608. The molecule has 12 heteroatoms. The van der Waals surface area contributed by atoms with E-state index in [-0.39, 0.29) is 31.9 Å². The first-order chi connectivity index (χ1) is 15.7. The lowest BCUT2D eigenvalue weighted by Crippen LogP contribution is -2.57. The van der Waals surface area contributed by atoms with E-state index in [2.05, 4.69) is 10.00 Å². The fourth-order valence-electron chi connectivity index (χ4n) is 3.99. The molecule has 0 radical (unpaired) electrons. The van der Waals surface area contributed by atoms with Crippen molar-refractivity contribution >= 4 is 27.7 Å². The van der Waals surface area contributed by atoms with Gasteiger partial charge in [-0.3, -0.25) is 9.59 Å². The molecule has 0 aliphatic carbocycles. The van der Waals surface area contributed by atoms with Crippen LogP contribution >= 0.6 is 11.6 Å². The number of rotatable bonds is 4. The minimum Gasteiger partial charge on any atom is -0.334 e. The lowest BCUT2D eigenvalue weighted by atomic mass is 10.2. The van der Waals surface area contributed by atoms with Gasteiger partial charge in [-0.15, -0.1) is 0 Å². The summed E-state index contributed by atoms with van der Waals surface area (Å²) in [5.74, 6) is -0.501. The van der Waals surface area contributed by atoms with E-state index in [1.807, 2.05) is 7.05 Å². The molecule has 1 amide bonds. The zero-order chi connectivity index (χ0) is 23.8. The Morgan fingerprint density at radius 3 is 2.06 bits per heavy atom. The molecule has 0 saturated carbocycles. The molecule has 0 unspecified atom stereocenters. The third kappa shape index (κ3) is 4.97. The molecule has 33 heavy (non-hydrogen) atoms. The summed E-state index contributed by atoms with van der Waals surface area (Å²) < 4.78 is 30.4. The van der Waals surface area contributed by atoms with Crippen molar-refractivity contribution in [2.75, 3.05) is 59.4 Å². The van der Waals surface area contributed by atoms with Gasteiger partial charge in [0.2, 0.25) is 5.43 Å². The lowest BCUT2D eigenvalue weighted by molar-refractivity contribution is 0.0683. The van der Waals surface area contributed by atoms with Gasteiger partial charge < -0.3 is 9.80 Å². The topological polar surface area (TPSA) is 99.1 Å². The number of carbonyl (C=O) groups is 1. The molecule has 2 aliphatic heterocycles. The van der Waals surface area contributed by atoms with Crippen molar-refractivity contribution < 1.29 is 13.2 Å². The van der Waals surface area contributed by atoms with Gasteiger partial charge in [-0.2, -0.15) is 22.1 Å². The second-order valence-electron chi connectivity index (χ2n) is 8.29. The molecule has 0 atom stereocenters. The van der Waals surface area contributed by atoms with E-state index in [1.54, 1.807) is 31.2 Å². The maximum absolute atomic E-state index is 13.1. The van der Waals surface area contributed by atoms with Crippen LogP contribution in [-0.4, -0.2) is 102 Å². The van der Waals surface area contributed by atoms with Crippen molar-refractivity contribution in [1.29, 1.82) is 0 Å². The summed E-state index contributed by atoms with van der Waals surface area (Å²) in [6, 6.07) is 8.30. The van der Waals surface area contributed by atoms with E-state index in [9.17, 15) is 18.0 Å². The number of likely N-dealkylation sites (N-methyl/N-ethyl adjacent to an activating group) is 1. The Morgan fingerprint density at radius 1 is 0.939 bits per heavy atom. The predicted molar refractivity (Wildman–Crippen MR) is 125 cm³/mol. The second kappa shape index (κ2) is 9.51. The first kappa shape index (κ1) is 23.8. The summed E-state index contributed by atoms with van der Waals surface area (Å²) >= 11 is 5.95. The quantitative estimate of drug-likeness (QED) is 0.611. The van der Waals surface area contributed by atoms with Crippen molar-refractivity contribution in [3.8, 4) is 5.69 Å². The van der Waals surface area contributed by atoms with Crippen LogP contribution in [0.5, 0.6) is 0 Å². The number of halogens is 1. The largest absolute Gasteiger partial charge is 0.334 e. The van der Waals surface area contributed by atoms with Crippen LogP contribution in [0.25, 0.3) is 5.69 Å². The number of nitrogens with zero attached hydrogens (tertiary/aromatic N) is 6. The van der Waals surface area contributed by atoms with E-state index >= 15 is 0 Å². The number of hydrogen-bond donors (Lipinski definition) is 0. The van der Waals surface area contributed by atoms with E-state index < -0.39 is 21.5 Å². The molecule has 2 saturated heterocycles. The minimum absolute atomic E-state index is 0.178. The summed E-state index contributed by atoms with van der Waals surface area (Å²) in [5, 5.41) is 4.89. The molecule has 0 spiro atoms. The molecule has 10 nitrogen and oxygen atoms in total.